The molecule has 0 amide bonds. The van der Waals surface area contributed by atoms with Crippen LogP contribution < -0.4 is 0 Å². The van der Waals surface area contributed by atoms with Crippen LogP contribution in [0.15, 0.2) is 23.8 Å². The van der Waals surface area contributed by atoms with Crippen LogP contribution in [0.4, 0.5) is 0 Å². The van der Waals surface area contributed by atoms with Gasteiger partial charge in [-0.05, 0) is 49.0 Å². The highest BCUT2D eigenvalue weighted by atomic mass is 16.5. The number of carbonyl (C=O) groups excluding carboxylic acids is 2. The lowest BCUT2D eigenvalue weighted by molar-refractivity contribution is -0.162. The van der Waals surface area contributed by atoms with Crippen LogP contribution in [0.3, 0.4) is 0 Å². The number of aliphatic hydroxyl groups is 1. The van der Waals surface area contributed by atoms with Gasteiger partial charge in [0.15, 0.2) is 0 Å². The molecule has 3 rings (SSSR count). The summed E-state index contributed by atoms with van der Waals surface area (Å²) >= 11 is 0. The Kier molecular flexibility index (Phi) is 6.31. The van der Waals surface area contributed by atoms with Gasteiger partial charge in [0.05, 0.1) is 18.4 Å². The fourth-order valence-corrected chi connectivity index (χ4v) is 4.89. The van der Waals surface area contributed by atoms with Crippen molar-refractivity contribution in [3.8, 4) is 0 Å². The molecule has 0 radical (unpaired) electrons. The van der Waals surface area contributed by atoms with Gasteiger partial charge in [0.25, 0.3) is 0 Å². The van der Waals surface area contributed by atoms with Gasteiger partial charge in [0, 0.05) is 15.1 Å². The lowest BCUT2D eigenvalue weighted by Crippen LogP contribution is -2.42. The molecule has 3 aliphatic rings. The second kappa shape index (κ2) is 9.46. The van der Waals surface area contributed by atoms with Crippen molar-refractivity contribution in [1.82, 2.24) is 0 Å². The Morgan fingerprint density at radius 1 is 1.38 bits per heavy atom. The van der Waals surface area contributed by atoms with Gasteiger partial charge in [0.2, 0.25) is 0 Å². The minimum Gasteiger partial charge on any atom is -0.462 e. The first kappa shape index (κ1) is 19.3. The van der Waals surface area contributed by atoms with Crippen molar-refractivity contribution < 1.29 is 26.9 Å². The van der Waals surface area contributed by atoms with E-state index in [0.717, 1.165) is 19.3 Å². The molecule has 8 atom stereocenters. The van der Waals surface area contributed by atoms with E-state index in [2.05, 4.69) is 32.1 Å². The molecule has 1 saturated heterocycles. The number of esters is 2. The lowest BCUT2D eigenvalue weighted by Gasteiger charge is -2.43. The normalized spacial score (nSPS) is 40.7. The Balaban J connectivity index is 1.74. The molecule has 1 unspecified atom stereocenters. The summed E-state index contributed by atoms with van der Waals surface area (Å²) in [4.78, 5) is 24.5. The quantitative estimate of drug-likeness (QED) is 0.670. The largest absolute Gasteiger partial charge is 0.462 e. The Labute approximate surface area is 177 Å². The first-order valence-electron chi connectivity index (χ1n) is 12.0. The molecule has 5 heteroatoms. The van der Waals surface area contributed by atoms with Gasteiger partial charge in [-0.25, -0.2) is 0 Å². The first-order chi connectivity index (χ1) is 14.5. The van der Waals surface area contributed by atoms with Gasteiger partial charge < -0.3 is 14.6 Å². The average Bonchev–Trinajstić information content (AvgIpc) is 2.71. The van der Waals surface area contributed by atoms with Crippen molar-refractivity contribution in [3.05, 3.63) is 23.8 Å². The number of carbonyl (C=O) groups is 2. The molecule has 162 valence electrons. The van der Waals surface area contributed by atoms with E-state index in [1.807, 2.05) is 13.8 Å². The van der Waals surface area contributed by atoms with E-state index in [4.69, 9.17) is 12.2 Å². The SMILES string of the molecule is [2H]C1([2H])C(=O)OC(CC[C@@H]2[C@@H]3C(=C[C@H](C)C[C@@H]3OC(=O)[C@@H](C)CC)C=C[C@@H]2C)C[C@H]1O. The summed E-state index contributed by atoms with van der Waals surface area (Å²) < 4.78 is 26.6. The minimum atomic E-state index is -2.35. The van der Waals surface area contributed by atoms with Crippen LogP contribution in [0.5, 0.6) is 0 Å². The Hall–Kier alpha value is -1.62. The highest BCUT2D eigenvalue weighted by Gasteiger charge is 2.42. The van der Waals surface area contributed by atoms with Crippen LogP contribution in [-0.4, -0.2) is 35.4 Å². The predicted molar refractivity (Wildman–Crippen MR) is 111 cm³/mol. The molecule has 0 bridgehead atoms. The van der Waals surface area contributed by atoms with Crippen LogP contribution in [-0.2, 0) is 19.1 Å². The standard InChI is InChI=1S/C24H36O5/c1-5-15(3)24(27)29-21-11-14(2)10-17-7-6-16(4)20(23(17)21)9-8-19-12-18(25)13-22(26)28-19/h6-7,10,14-16,18-21,23,25H,5,8-9,11-13H2,1-4H3/t14-,15-,16-,18+,19?,20-,21-,23-/m0/s1/i13D2. The maximum Gasteiger partial charge on any atom is 0.308 e. The number of fused-ring (bicyclic) bond motifs is 1. The molecule has 2 aliphatic carbocycles. The van der Waals surface area contributed by atoms with Crippen LogP contribution >= 0.6 is 0 Å². The fraction of sp³-hybridized carbons (Fsp3) is 0.750. The lowest BCUT2D eigenvalue weighted by atomic mass is 9.65. The monoisotopic (exact) mass is 406 g/mol. The molecular weight excluding hydrogens is 368 g/mol. The average molecular weight is 407 g/mol. The molecule has 0 saturated carbocycles. The number of hydrogen-bond donors (Lipinski definition) is 1. The second-order valence-corrected chi connectivity index (χ2v) is 9.07. The summed E-state index contributed by atoms with van der Waals surface area (Å²) in [6, 6.07) is 0. The molecule has 1 fully saturated rings. The summed E-state index contributed by atoms with van der Waals surface area (Å²) in [6.07, 6.45) is 5.19. The maximum absolute atomic E-state index is 12.6. The van der Waals surface area contributed by atoms with Crippen LogP contribution in [0.2, 0.25) is 0 Å². The van der Waals surface area contributed by atoms with Crippen molar-refractivity contribution in [1.29, 1.82) is 0 Å². The van der Waals surface area contributed by atoms with Crippen LogP contribution in [0.1, 0.15) is 68.9 Å². The molecule has 1 N–H and O–H groups in total. The Bertz CT molecular complexity index is 746. The molecule has 1 aliphatic heterocycles. The minimum absolute atomic E-state index is 0.0971. The van der Waals surface area contributed by atoms with Gasteiger partial charge >= 0.3 is 11.9 Å². The summed E-state index contributed by atoms with van der Waals surface area (Å²) in [5.74, 6) is -0.341. The Morgan fingerprint density at radius 3 is 2.83 bits per heavy atom. The van der Waals surface area contributed by atoms with Crippen molar-refractivity contribution in [2.45, 2.75) is 84.5 Å². The smallest absolute Gasteiger partial charge is 0.308 e. The molecule has 0 aromatic heterocycles. The highest BCUT2D eigenvalue weighted by Crippen LogP contribution is 2.45. The second-order valence-electron chi connectivity index (χ2n) is 9.07. The third kappa shape index (κ3) is 5.30. The van der Waals surface area contributed by atoms with Crippen molar-refractivity contribution in [3.63, 3.8) is 0 Å². The Morgan fingerprint density at radius 2 is 2.14 bits per heavy atom. The van der Waals surface area contributed by atoms with Gasteiger partial charge in [-0.1, -0.05) is 45.9 Å². The topological polar surface area (TPSA) is 72.8 Å². The molecule has 0 aromatic rings. The van der Waals surface area contributed by atoms with Crippen LogP contribution in [0.25, 0.3) is 0 Å². The molecule has 0 spiro atoms. The summed E-state index contributed by atoms with van der Waals surface area (Å²) in [6.45, 7) is 8.18. The van der Waals surface area contributed by atoms with Crippen LogP contribution in [0, 0.1) is 29.6 Å². The van der Waals surface area contributed by atoms with E-state index in [1.165, 1.54) is 5.57 Å². The fourth-order valence-electron chi connectivity index (χ4n) is 4.89. The third-order valence-corrected chi connectivity index (χ3v) is 6.74. The van der Waals surface area contributed by atoms with E-state index < -0.39 is 24.6 Å². The van der Waals surface area contributed by atoms with E-state index in [1.54, 1.807) is 0 Å². The molecule has 29 heavy (non-hydrogen) atoms. The number of hydrogen-bond acceptors (Lipinski definition) is 5. The zero-order valence-electron chi connectivity index (χ0n) is 20.0. The molecule has 5 nitrogen and oxygen atoms in total. The number of ether oxygens (including phenoxy) is 2. The van der Waals surface area contributed by atoms with Gasteiger partial charge in [0.1, 0.15) is 12.2 Å². The molecule has 1 heterocycles. The van der Waals surface area contributed by atoms with E-state index in [0.29, 0.717) is 12.3 Å². The number of cyclic esters (lactones) is 1. The van der Waals surface area contributed by atoms with Crippen molar-refractivity contribution in [2.24, 2.45) is 29.6 Å². The third-order valence-electron chi connectivity index (χ3n) is 6.74. The van der Waals surface area contributed by atoms with Crippen molar-refractivity contribution >= 4 is 11.9 Å². The zero-order valence-corrected chi connectivity index (χ0v) is 18.0. The number of rotatable bonds is 6. The van der Waals surface area contributed by atoms with Crippen molar-refractivity contribution in [2.75, 3.05) is 0 Å². The maximum atomic E-state index is 12.6. The summed E-state index contributed by atoms with van der Waals surface area (Å²) in [5.41, 5.74) is 1.21. The molecule has 0 aromatic carbocycles. The van der Waals surface area contributed by atoms with Gasteiger partial charge in [-0.15, -0.1) is 0 Å². The van der Waals surface area contributed by atoms with Gasteiger partial charge in [-0.2, -0.15) is 0 Å². The first-order valence-corrected chi connectivity index (χ1v) is 11.0. The predicted octanol–water partition coefficient (Wildman–Crippen LogP) is 4.20. The van der Waals surface area contributed by atoms with E-state index in [9.17, 15) is 14.7 Å². The van der Waals surface area contributed by atoms with Gasteiger partial charge in [-0.3, -0.25) is 9.59 Å². The number of allylic oxidation sites excluding steroid dienone is 3. The molecular formula is C24H36O5. The van der Waals surface area contributed by atoms with E-state index >= 15 is 0 Å². The van der Waals surface area contributed by atoms with E-state index in [-0.39, 0.29) is 42.2 Å². The summed E-state index contributed by atoms with van der Waals surface area (Å²) in [7, 11) is 0. The summed E-state index contributed by atoms with van der Waals surface area (Å²) in [5, 5.41) is 10.0. The zero-order chi connectivity index (χ0) is 22.9. The highest BCUT2D eigenvalue weighted by molar-refractivity contribution is 5.72. The number of aliphatic hydroxyl groups excluding tert-OH is 1.